The number of hydrogen-bond acceptors (Lipinski definition) is 4. The van der Waals surface area contributed by atoms with Crippen LogP contribution in [0, 0.1) is 0 Å². The minimum Gasteiger partial charge on any atom is -0.478 e. The molecule has 0 saturated heterocycles. The number of carboxylic acids is 1. The number of hydrogen-bond donors (Lipinski definition) is 3. The van der Waals surface area contributed by atoms with E-state index in [1.165, 1.54) is 13.2 Å². The van der Waals surface area contributed by atoms with Gasteiger partial charge in [-0.2, -0.15) is 13.2 Å². The Morgan fingerprint density at radius 1 is 1.43 bits per heavy atom. The average molecular weight is 307 g/mol. The van der Waals surface area contributed by atoms with Crippen LogP contribution in [0.2, 0.25) is 0 Å². The normalized spacial score (nSPS) is 13.0. The molecule has 21 heavy (non-hydrogen) atoms. The highest BCUT2D eigenvalue weighted by Gasteiger charge is 2.35. The number of ether oxygens (including phenoxy) is 1. The zero-order valence-electron chi connectivity index (χ0n) is 11.3. The number of nitrogens with one attached hydrogen (secondary N) is 1. The van der Waals surface area contributed by atoms with Gasteiger partial charge in [0, 0.05) is 19.4 Å². The average Bonchev–Trinajstić information content (AvgIpc) is 2.38. The van der Waals surface area contributed by atoms with Gasteiger partial charge in [0.05, 0.1) is 23.8 Å². The Balaban J connectivity index is 3.07. The van der Waals surface area contributed by atoms with Crippen molar-refractivity contribution in [2.75, 3.05) is 25.6 Å². The highest BCUT2D eigenvalue weighted by atomic mass is 19.4. The van der Waals surface area contributed by atoms with Crippen LogP contribution in [0.15, 0.2) is 18.2 Å². The molecule has 1 aromatic carbocycles. The molecule has 0 aromatic heterocycles. The lowest BCUT2D eigenvalue weighted by molar-refractivity contribution is -0.138. The third-order valence-electron chi connectivity index (χ3n) is 2.77. The van der Waals surface area contributed by atoms with Gasteiger partial charge in [-0.25, -0.2) is 4.79 Å². The Hall–Kier alpha value is -1.80. The van der Waals surface area contributed by atoms with Gasteiger partial charge in [0.15, 0.2) is 0 Å². The van der Waals surface area contributed by atoms with Crippen LogP contribution in [0.3, 0.4) is 0 Å². The SMILES string of the molecule is COCC(CCO)Nc1ccc(C(=O)O)c(C(F)(F)F)c1. The summed E-state index contributed by atoms with van der Waals surface area (Å²) >= 11 is 0. The van der Waals surface area contributed by atoms with E-state index in [0.717, 1.165) is 12.1 Å². The van der Waals surface area contributed by atoms with E-state index in [1.54, 1.807) is 0 Å². The Morgan fingerprint density at radius 2 is 2.10 bits per heavy atom. The van der Waals surface area contributed by atoms with Crippen molar-refractivity contribution < 1.29 is 32.9 Å². The van der Waals surface area contributed by atoms with Crippen LogP contribution in [-0.4, -0.2) is 42.5 Å². The highest BCUT2D eigenvalue weighted by Crippen LogP contribution is 2.34. The zero-order valence-corrected chi connectivity index (χ0v) is 11.3. The second kappa shape index (κ2) is 7.28. The van der Waals surface area contributed by atoms with E-state index in [4.69, 9.17) is 14.9 Å². The first kappa shape index (κ1) is 17.3. The molecular formula is C13H16F3NO4. The van der Waals surface area contributed by atoms with Gasteiger partial charge in [-0.05, 0) is 24.6 Å². The second-order valence-corrected chi connectivity index (χ2v) is 4.37. The number of aromatic carboxylic acids is 1. The maximum absolute atomic E-state index is 12.9. The van der Waals surface area contributed by atoms with Crippen LogP contribution in [0.1, 0.15) is 22.3 Å². The van der Waals surface area contributed by atoms with Gasteiger partial charge >= 0.3 is 12.1 Å². The number of anilines is 1. The molecule has 3 N–H and O–H groups in total. The summed E-state index contributed by atoms with van der Waals surface area (Å²) in [6.45, 7) is 0.0446. The van der Waals surface area contributed by atoms with Crippen molar-refractivity contribution in [3.8, 4) is 0 Å². The van der Waals surface area contributed by atoms with Crippen molar-refractivity contribution in [3.05, 3.63) is 29.3 Å². The van der Waals surface area contributed by atoms with Crippen molar-refractivity contribution in [2.24, 2.45) is 0 Å². The summed E-state index contributed by atoms with van der Waals surface area (Å²) in [5.41, 5.74) is -1.92. The number of rotatable bonds is 7. The lowest BCUT2D eigenvalue weighted by atomic mass is 10.1. The number of carboxylic acid groups (broad SMARTS) is 1. The minimum absolute atomic E-state index is 0.114. The summed E-state index contributed by atoms with van der Waals surface area (Å²) in [6, 6.07) is 2.51. The maximum atomic E-state index is 12.9. The quantitative estimate of drug-likeness (QED) is 0.720. The zero-order chi connectivity index (χ0) is 16.0. The second-order valence-electron chi connectivity index (χ2n) is 4.37. The first-order valence-electron chi connectivity index (χ1n) is 6.10. The molecule has 118 valence electrons. The number of benzene rings is 1. The number of methoxy groups -OCH3 is 1. The molecule has 0 spiro atoms. The van der Waals surface area contributed by atoms with Crippen molar-refractivity contribution in [2.45, 2.75) is 18.6 Å². The fraction of sp³-hybridized carbons (Fsp3) is 0.462. The molecule has 0 fully saturated rings. The molecule has 1 atom stereocenters. The molecule has 8 heteroatoms. The van der Waals surface area contributed by atoms with E-state index in [1.807, 2.05) is 0 Å². The first-order chi connectivity index (χ1) is 9.79. The molecule has 0 radical (unpaired) electrons. The number of halogens is 3. The molecule has 0 aliphatic carbocycles. The molecule has 0 saturated carbocycles. The standard InChI is InChI=1S/C13H16F3NO4/c1-21-7-9(4-5-18)17-8-2-3-10(12(19)20)11(6-8)13(14,15)16/h2-3,6,9,17-18H,4-5,7H2,1H3,(H,19,20). The molecule has 0 bridgehead atoms. The van der Waals surface area contributed by atoms with Gasteiger partial charge < -0.3 is 20.3 Å². The first-order valence-corrected chi connectivity index (χ1v) is 6.10. The summed E-state index contributed by atoms with van der Waals surface area (Å²) in [5, 5.41) is 20.5. The predicted molar refractivity (Wildman–Crippen MR) is 69.4 cm³/mol. The van der Waals surface area contributed by atoms with Crippen LogP contribution in [-0.2, 0) is 10.9 Å². The van der Waals surface area contributed by atoms with E-state index in [0.29, 0.717) is 0 Å². The Labute approximate surface area is 119 Å². The molecule has 1 unspecified atom stereocenters. The molecular weight excluding hydrogens is 291 g/mol. The molecule has 0 heterocycles. The lowest BCUT2D eigenvalue weighted by Gasteiger charge is -2.19. The molecule has 5 nitrogen and oxygen atoms in total. The minimum atomic E-state index is -4.76. The van der Waals surface area contributed by atoms with Crippen LogP contribution in [0.25, 0.3) is 0 Å². The number of aliphatic hydroxyl groups is 1. The topological polar surface area (TPSA) is 78.8 Å². The summed E-state index contributed by atoms with van der Waals surface area (Å²) in [7, 11) is 1.43. The van der Waals surface area contributed by atoms with Crippen LogP contribution < -0.4 is 5.32 Å². The monoisotopic (exact) mass is 307 g/mol. The van der Waals surface area contributed by atoms with Gasteiger partial charge in [0.2, 0.25) is 0 Å². The smallest absolute Gasteiger partial charge is 0.417 e. The molecule has 1 aromatic rings. The maximum Gasteiger partial charge on any atom is 0.417 e. The Kier molecular flexibility index (Phi) is 5.98. The largest absolute Gasteiger partial charge is 0.478 e. The van der Waals surface area contributed by atoms with Crippen molar-refractivity contribution in [1.82, 2.24) is 0 Å². The highest BCUT2D eigenvalue weighted by molar-refractivity contribution is 5.90. The van der Waals surface area contributed by atoms with Crippen LogP contribution in [0.4, 0.5) is 18.9 Å². The van der Waals surface area contributed by atoms with E-state index < -0.39 is 23.3 Å². The number of aliphatic hydroxyl groups excluding tert-OH is 1. The van der Waals surface area contributed by atoms with E-state index in [-0.39, 0.29) is 31.4 Å². The van der Waals surface area contributed by atoms with E-state index >= 15 is 0 Å². The molecule has 0 amide bonds. The number of carbonyl (C=O) groups is 1. The fourth-order valence-corrected chi connectivity index (χ4v) is 1.84. The summed E-state index contributed by atoms with van der Waals surface area (Å²) in [4.78, 5) is 10.8. The Morgan fingerprint density at radius 3 is 2.57 bits per heavy atom. The third kappa shape index (κ3) is 4.91. The van der Waals surface area contributed by atoms with Crippen LogP contribution in [0.5, 0.6) is 0 Å². The molecule has 1 rings (SSSR count). The van der Waals surface area contributed by atoms with Crippen molar-refractivity contribution in [3.63, 3.8) is 0 Å². The lowest BCUT2D eigenvalue weighted by Crippen LogP contribution is -2.26. The van der Waals surface area contributed by atoms with Crippen molar-refractivity contribution >= 4 is 11.7 Å². The third-order valence-corrected chi connectivity index (χ3v) is 2.77. The molecule has 0 aliphatic heterocycles. The van der Waals surface area contributed by atoms with E-state index in [9.17, 15) is 18.0 Å². The predicted octanol–water partition coefficient (Wildman–Crippen LogP) is 2.21. The van der Waals surface area contributed by atoms with E-state index in [2.05, 4.69) is 5.32 Å². The van der Waals surface area contributed by atoms with Gasteiger partial charge in [0.1, 0.15) is 0 Å². The fourth-order valence-electron chi connectivity index (χ4n) is 1.84. The van der Waals surface area contributed by atoms with Gasteiger partial charge in [-0.15, -0.1) is 0 Å². The molecule has 0 aliphatic rings. The summed E-state index contributed by atoms with van der Waals surface area (Å²) in [6.07, 6.45) is -4.48. The van der Waals surface area contributed by atoms with Gasteiger partial charge in [0.25, 0.3) is 0 Å². The number of alkyl halides is 3. The van der Waals surface area contributed by atoms with Gasteiger partial charge in [-0.1, -0.05) is 0 Å². The van der Waals surface area contributed by atoms with Gasteiger partial charge in [-0.3, -0.25) is 0 Å². The summed E-state index contributed by atoms with van der Waals surface area (Å²) in [5.74, 6) is -1.64. The Bertz CT molecular complexity index is 485. The van der Waals surface area contributed by atoms with Crippen LogP contribution >= 0.6 is 0 Å². The van der Waals surface area contributed by atoms with Crippen molar-refractivity contribution in [1.29, 1.82) is 0 Å². The summed E-state index contributed by atoms with van der Waals surface area (Å²) < 4.78 is 43.5.